The topological polar surface area (TPSA) is 46.6 Å². The summed E-state index contributed by atoms with van der Waals surface area (Å²) in [7, 11) is 1.46. The Labute approximate surface area is 155 Å². The van der Waals surface area contributed by atoms with Crippen LogP contribution in [-0.4, -0.2) is 18.9 Å². The Hall–Kier alpha value is -2.30. The number of nitrogens with zero attached hydrogens (tertiary/aromatic N) is 1. The highest BCUT2D eigenvalue weighted by atomic mass is 35.5. The predicted octanol–water partition coefficient (Wildman–Crippen LogP) is 4.49. The van der Waals surface area contributed by atoms with Gasteiger partial charge in [-0.05, 0) is 43.2 Å². The van der Waals surface area contributed by atoms with Gasteiger partial charge in [0, 0.05) is 5.02 Å². The minimum absolute atomic E-state index is 0.112. The van der Waals surface area contributed by atoms with E-state index in [9.17, 15) is 9.59 Å². The van der Waals surface area contributed by atoms with Gasteiger partial charge in [-0.25, -0.2) is 4.90 Å². The number of carbonyl (C=O) groups excluding carboxylic acids is 2. The van der Waals surface area contributed by atoms with E-state index in [1.165, 1.54) is 13.2 Å². The van der Waals surface area contributed by atoms with Crippen molar-refractivity contribution in [3.8, 4) is 5.75 Å². The summed E-state index contributed by atoms with van der Waals surface area (Å²) in [5.74, 6) is -0.734. The Balaban J connectivity index is 2.13. The van der Waals surface area contributed by atoms with Crippen LogP contribution in [0.2, 0.25) is 5.02 Å². The lowest BCUT2D eigenvalue weighted by Gasteiger charge is -2.18. The number of anilines is 1. The highest BCUT2D eigenvalue weighted by Crippen LogP contribution is 2.40. The second kappa shape index (κ2) is 6.54. The average Bonchev–Trinajstić information content (AvgIpc) is 2.78. The third kappa shape index (κ3) is 2.92. The number of rotatable bonds is 3. The van der Waals surface area contributed by atoms with E-state index in [1.807, 2.05) is 26.0 Å². The average molecular weight is 376 g/mol. The van der Waals surface area contributed by atoms with Crippen LogP contribution in [0.5, 0.6) is 5.75 Å². The molecule has 2 aromatic rings. The van der Waals surface area contributed by atoms with Gasteiger partial charge in [0.15, 0.2) is 0 Å². The third-order valence-electron chi connectivity index (χ3n) is 4.06. The van der Waals surface area contributed by atoms with Gasteiger partial charge >= 0.3 is 0 Å². The van der Waals surface area contributed by atoms with Crippen molar-refractivity contribution in [3.05, 3.63) is 63.1 Å². The second-order valence-corrected chi connectivity index (χ2v) is 6.58. The highest BCUT2D eigenvalue weighted by molar-refractivity contribution is 6.60. The summed E-state index contributed by atoms with van der Waals surface area (Å²) in [4.78, 5) is 26.7. The van der Waals surface area contributed by atoms with E-state index in [0.717, 1.165) is 16.0 Å². The van der Waals surface area contributed by atoms with Gasteiger partial charge < -0.3 is 4.74 Å². The number of aryl methyl sites for hydroxylation is 2. The number of hydrogen-bond donors (Lipinski definition) is 0. The lowest BCUT2D eigenvalue weighted by atomic mass is 9.99. The van der Waals surface area contributed by atoms with Crippen molar-refractivity contribution in [1.82, 2.24) is 0 Å². The Kier molecular flexibility index (Phi) is 4.58. The van der Waals surface area contributed by atoms with E-state index in [1.54, 1.807) is 18.2 Å². The Morgan fingerprint density at radius 3 is 2.32 bits per heavy atom. The summed E-state index contributed by atoms with van der Waals surface area (Å²) in [6, 6.07) is 10.3. The SMILES string of the molecule is COc1ccc(Cl)cc1N1C(=O)C(Cl)=C(c2ccc(C)cc2C)C1=O. The molecule has 0 N–H and O–H groups in total. The molecular weight excluding hydrogens is 361 g/mol. The van der Waals surface area contributed by atoms with Crippen LogP contribution in [0.15, 0.2) is 41.4 Å². The molecule has 6 heteroatoms. The zero-order chi connectivity index (χ0) is 18.3. The molecule has 0 unspecified atom stereocenters. The summed E-state index contributed by atoms with van der Waals surface area (Å²) >= 11 is 12.3. The van der Waals surface area contributed by atoms with Gasteiger partial charge in [0.25, 0.3) is 11.8 Å². The van der Waals surface area contributed by atoms with Gasteiger partial charge in [-0.2, -0.15) is 0 Å². The van der Waals surface area contributed by atoms with E-state index in [2.05, 4.69) is 0 Å². The van der Waals surface area contributed by atoms with Gasteiger partial charge in [-0.15, -0.1) is 0 Å². The summed E-state index contributed by atoms with van der Waals surface area (Å²) in [5.41, 5.74) is 3.02. The van der Waals surface area contributed by atoms with Crippen molar-refractivity contribution in [2.75, 3.05) is 12.0 Å². The molecule has 0 atom stereocenters. The lowest BCUT2D eigenvalue weighted by Crippen LogP contribution is -2.31. The summed E-state index contributed by atoms with van der Waals surface area (Å²) in [6.07, 6.45) is 0. The number of carbonyl (C=O) groups is 2. The number of benzene rings is 2. The smallest absolute Gasteiger partial charge is 0.277 e. The monoisotopic (exact) mass is 375 g/mol. The van der Waals surface area contributed by atoms with Crippen LogP contribution in [0.25, 0.3) is 5.57 Å². The molecular formula is C19H15Cl2NO3. The fourth-order valence-corrected chi connectivity index (χ4v) is 3.32. The standard InChI is InChI=1S/C19H15Cl2NO3/c1-10-4-6-13(11(2)8-10)16-17(21)19(24)22(18(16)23)14-9-12(20)5-7-15(14)25-3/h4-9H,1-3H3. The van der Waals surface area contributed by atoms with Gasteiger partial charge in [0.2, 0.25) is 0 Å². The Morgan fingerprint density at radius 2 is 1.68 bits per heavy atom. The number of amides is 2. The number of imide groups is 1. The van der Waals surface area contributed by atoms with E-state index in [4.69, 9.17) is 27.9 Å². The number of halogens is 2. The molecule has 0 aliphatic carbocycles. The number of ether oxygens (including phenoxy) is 1. The fraction of sp³-hybridized carbons (Fsp3) is 0.158. The quantitative estimate of drug-likeness (QED) is 0.742. The molecule has 0 fully saturated rings. The Morgan fingerprint density at radius 1 is 0.960 bits per heavy atom. The van der Waals surface area contributed by atoms with Crippen molar-refractivity contribution >= 4 is 46.3 Å². The molecule has 128 valence electrons. The van der Waals surface area contributed by atoms with Crippen molar-refractivity contribution < 1.29 is 14.3 Å². The van der Waals surface area contributed by atoms with Crippen LogP contribution in [0.3, 0.4) is 0 Å². The highest BCUT2D eigenvalue weighted by Gasteiger charge is 2.41. The first kappa shape index (κ1) is 17.5. The molecule has 2 aromatic carbocycles. The van der Waals surface area contributed by atoms with Gasteiger partial charge in [-0.1, -0.05) is 47.0 Å². The molecule has 0 spiro atoms. The molecule has 0 radical (unpaired) electrons. The number of hydrogen-bond acceptors (Lipinski definition) is 3. The number of methoxy groups -OCH3 is 1. The molecule has 1 heterocycles. The minimum atomic E-state index is -0.595. The maximum atomic E-state index is 13.0. The van der Waals surface area contributed by atoms with Crippen LogP contribution in [0.1, 0.15) is 16.7 Å². The van der Waals surface area contributed by atoms with Crippen LogP contribution in [0.4, 0.5) is 5.69 Å². The third-order valence-corrected chi connectivity index (χ3v) is 4.65. The van der Waals surface area contributed by atoms with Crippen molar-refractivity contribution in [2.45, 2.75) is 13.8 Å². The zero-order valence-corrected chi connectivity index (χ0v) is 15.4. The molecule has 0 saturated heterocycles. The first-order valence-electron chi connectivity index (χ1n) is 7.55. The van der Waals surface area contributed by atoms with Gasteiger partial charge in [0.05, 0.1) is 18.4 Å². The van der Waals surface area contributed by atoms with Gasteiger partial charge in [0.1, 0.15) is 10.8 Å². The van der Waals surface area contributed by atoms with Crippen LogP contribution < -0.4 is 9.64 Å². The van der Waals surface area contributed by atoms with E-state index in [-0.39, 0.29) is 16.3 Å². The maximum absolute atomic E-state index is 13.0. The predicted molar refractivity (Wildman–Crippen MR) is 99.2 cm³/mol. The lowest BCUT2D eigenvalue weighted by molar-refractivity contribution is -0.119. The molecule has 0 aromatic heterocycles. The normalized spacial score (nSPS) is 14.5. The molecule has 2 amide bonds. The zero-order valence-electron chi connectivity index (χ0n) is 13.9. The molecule has 1 aliphatic heterocycles. The van der Waals surface area contributed by atoms with E-state index < -0.39 is 11.8 Å². The Bertz CT molecular complexity index is 934. The molecule has 4 nitrogen and oxygen atoms in total. The molecule has 3 rings (SSSR count). The minimum Gasteiger partial charge on any atom is -0.495 e. The summed E-state index contributed by atoms with van der Waals surface area (Å²) < 4.78 is 5.26. The van der Waals surface area contributed by atoms with Crippen LogP contribution >= 0.6 is 23.2 Å². The largest absolute Gasteiger partial charge is 0.495 e. The first-order chi connectivity index (χ1) is 11.8. The van der Waals surface area contributed by atoms with E-state index >= 15 is 0 Å². The maximum Gasteiger partial charge on any atom is 0.277 e. The molecule has 0 bridgehead atoms. The second-order valence-electron chi connectivity index (χ2n) is 5.77. The van der Waals surface area contributed by atoms with Crippen molar-refractivity contribution in [3.63, 3.8) is 0 Å². The molecule has 25 heavy (non-hydrogen) atoms. The first-order valence-corrected chi connectivity index (χ1v) is 8.30. The van der Waals surface area contributed by atoms with Crippen molar-refractivity contribution in [1.29, 1.82) is 0 Å². The van der Waals surface area contributed by atoms with E-state index in [0.29, 0.717) is 16.3 Å². The fourth-order valence-electron chi connectivity index (χ4n) is 2.89. The molecule has 1 aliphatic rings. The summed E-state index contributed by atoms with van der Waals surface area (Å²) in [6.45, 7) is 3.83. The van der Waals surface area contributed by atoms with Crippen LogP contribution in [0, 0.1) is 13.8 Å². The van der Waals surface area contributed by atoms with Crippen LogP contribution in [-0.2, 0) is 9.59 Å². The van der Waals surface area contributed by atoms with Gasteiger partial charge in [-0.3, -0.25) is 9.59 Å². The molecule has 0 saturated carbocycles. The van der Waals surface area contributed by atoms with Crippen molar-refractivity contribution in [2.24, 2.45) is 0 Å². The summed E-state index contributed by atoms with van der Waals surface area (Å²) in [5, 5.41) is 0.270.